The molecule has 8 heteroatoms. The lowest BCUT2D eigenvalue weighted by Crippen LogP contribution is -2.29. The van der Waals surface area contributed by atoms with E-state index >= 15 is 0 Å². The molecule has 29 heavy (non-hydrogen) atoms. The minimum atomic E-state index is -3.80. The molecule has 0 bridgehead atoms. The molecule has 0 aliphatic carbocycles. The average molecular weight is 413 g/mol. The second-order valence-electron chi connectivity index (χ2n) is 6.33. The molecule has 0 aliphatic heterocycles. The summed E-state index contributed by atoms with van der Waals surface area (Å²) >= 11 is 0. The molecule has 0 saturated heterocycles. The Morgan fingerprint density at radius 2 is 1.90 bits per heavy atom. The maximum atomic E-state index is 12.0. The molecule has 3 aromatic rings. The molecule has 0 radical (unpaired) electrons. The highest BCUT2D eigenvalue weighted by Crippen LogP contribution is 2.19. The second-order valence-corrected chi connectivity index (χ2v) is 7.98. The van der Waals surface area contributed by atoms with Crippen LogP contribution in [0.5, 0.6) is 0 Å². The highest BCUT2D eigenvalue weighted by atomic mass is 32.2. The molecule has 0 saturated carbocycles. The van der Waals surface area contributed by atoms with Gasteiger partial charge in [-0.2, -0.15) is 0 Å². The molecule has 0 atom stereocenters. The highest BCUT2D eigenvalue weighted by Gasteiger charge is 2.12. The van der Waals surface area contributed by atoms with Crippen LogP contribution in [0.3, 0.4) is 0 Å². The Morgan fingerprint density at radius 1 is 1.14 bits per heavy atom. The topological polar surface area (TPSA) is 103 Å². The molecule has 0 spiro atoms. The molecule has 1 N–H and O–H groups in total. The quantitative estimate of drug-likeness (QED) is 0.472. The molecular formula is C21H19NO6S. The molecule has 7 nitrogen and oxygen atoms in total. The van der Waals surface area contributed by atoms with E-state index in [2.05, 4.69) is 4.72 Å². The minimum absolute atomic E-state index is 0.175. The third kappa shape index (κ3) is 5.87. The van der Waals surface area contributed by atoms with Crippen molar-refractivity contribution in [1.82, 2.24) is 4.72 Å². The summed E-state index contributed by atoms with van der Waals surface area (Å²) < 4.78 is 36.4. The van der Waals surface area contributed by atoms with Gasteiger partial charge in [0.1, 0.15) is 18.7 Å². The molecule has 0 unspecified atom stereocenters. The lowest BCUT2D eigenvalue weighted by Gasteiger charge is -2.08. The monoisotopic (exact) mass is 413 g/mol. The zero-order chi connectivity index (χ0) is 20.9. The summed E-state index contributed by atoms with van der Waals surface area (Å²) in [6.45, 7) is 1.16. The van der Waals surface area contributed by atoms with Gasteiger partial charge in [0.05, 0.1) is 0 Å². The van der Waals surface area contributed by atoms with Crippen LogP contribution in [0.25, 0.3) is 17.0 Å². The lowest BCUT2D eigenvalue weighted by atomic mass is 10.1. The van der Waals surface area contributed by atoms with Gasteiger partial charge in [-0.15, -0.1) is 0 Å². The Labute approximate surface area is 167 Å². The SMILES string of the molecule is Cc1ccc2c(COC(=O)CNS(=O)(=O)C=Cc3ccccc3)cc(=O)oc2c1. The molecule has 0 fully saturated rings. The average Bonchev–Trinajstić information content (AvgIpc) is 2.69. The largest absolute Gasteiger partial charge is 0.460 e. The van der Waals surface area contributed by atoms with E-state index < -0.39 is 28.2 Å². The molecule has 3 rings (SSSR count). The molecule has 150 valence electrons. The van der Waals surface area contributed by atoms with Crippen molar-refractivity contribution < 1.29 is 22.4 Å². The fourth-order valence-corrected chi connectivity index (χ4v) is 3.36. The highest BCUT2D eigenvalue weighted by molar-refractivity contribution is 7.92. The first-order valence-corrected chi connectivity index (χ1v) is 10.3. The zero-order valence-corrected chi connectivity index (χ0v) is 16.4. The molecule has 0 aliphatic rings. The Balaban J connectivity index is 1.60. The number of fused-ring (bicyclic) bond motifs is 1. The third-order valence-corrected chi connectivity index (χ3v) is 5.07. The summed E-state index contributed by atoms with van der Waals surface area (Å²) in [5.74, 6) is -0.768. The van der Waals surface area contributed by atoms with Gasteiger partial charge >= 0.3 is 11.6 Å². The van der Waals surface area contributed by atoms with Gasteiger partial charge in [0.15, 0.2) is 0 Å². The van der Waals surface area contributed by atoms with Crippen LogP contribution in [0, 0.1) is 6.92 Å². The number of hydrogen-bond donors (Lipinski definition) is 1. The van der Waals surface area contributed by atoms with E-state index in [0.29, 0.717) is 22.1 Å². The Hall–Kier alpha value is -3.23. The van der Waals surface area contributed by atoms with Gasteiger partial charge in [-0.05, 0) is 30.2 Å². The molecule has 1 heterocycles. The van der Waals surface area contributed by atoms with Crippen LogP contribution in [0.4, 0.5) is 0 Å². The number of carbonyl (C=O) groups excluding carboxylic acids is 1. The molecule has 1 aromatic heterocycles. The van der Waals surface area contributed by atoms with Crippen LogP contribution in [0.15, 0.2) is 69.2 Å². The fourth-order valence-electron chi connectivity index (χ4n) is 2.61. The fraction of sp³-hybridized carbons (Fsp3) is 0.143. The van der Waals surface area contributed by atoms with Gasteiger partial charge in [-0.25, -0.2) is 17.9 Å². The van der Waals surface area contributed by atoms with Gasteiger partial charge in [0.25, 0.3) is 0 Å². The van der Waals surface area contributed by atoms with Crippen molar-refractivity contribution in [3.8, 4) is 0 Å². The van der Waals surface area contributed by atoms with Crippen LogP contribution in [0.2, 0.25) is 0 Å². The van der Waals surface area contributed by atoms with E-state index in [1.54, 1.807) is 36.4 Å². The van der Waals surface area contributed by atoms with Gasteiger partial charge in [0.2, 0.25) is 10.0 Å². The number of carbonyl (C=O) groups is 1. The standard InChI is InChI=1S/C21H19NO6S/c1-15-7-8-18-17(12-20(23)28-19(18)11-15)14-27-21(24)13-22-29(25,26)10-9-16-5-3-2-4-6-16/h2-12,22H,13-14H2,1H3. The van der Waals surface area contributed by atoms with Gasteiger partial charge < -0.3 is 9.15 Å². The Kier molecular flexibility index (Phi) is 6.26. The van der Waals surface area contributed by atoms with Crippen LogP contribution in [-0.4, -0.2) is 20.9 Å². The Bertz CT molecular complexity index is 1210. The van der Waals surface area contributed by atoms with E-state index in [1.165, 1.54) is 12.1 Å². The number of nitrogens with one attached hydrogen (secondary N) is 1. The maximum Gasteiger partial charge on any atom is 0.336 e. The van der Waals surface area contributed by atoms with E-state index in [4.69, 9.17) is 9.15 Å². The summed E-state index contributed by atoms with van der Waals surface area (Å²) in [5.41, 5.74) is 1.96. The maximum absolute atomic E-state index is 12.0. The number of ether oxygens (including phenoxy) is 1. The van der Waals surface area contributed by atoms with E-state index in [0.717, 1.165) is 11.0 Å². The van der Waals surface area contributed by atoms with Crippen molar-refractivity contribution in [2.24, 2.45) is 0 Å². The van der Waals surface area contributed by atoms with Crippen molar-refractivity contribution in [1.29, 1.82) is 0 Å². The van der Waals surface area contributed by atoms with E-state index in [9.17, 15) is 18.0 Å². The summed E-state index contributed by atoms with van der Waals surface area (Å²) in [4.78, 5) is 23.6. The first kappa shape index (κ1) is 20.5. The van der Waals surface area contributed by atoms with Crippen LogP contribution >= 0.6 is 0 Å². The summed E-state index contributed by atoms with van der Waals surface area (Å²) in [6, 6.07) is 15.5. The van der Waals surface area contributed by atoms with Crippen LogP contribution < -0.4 is 10.3 Å². The first-order valence-electron chi connectivity index (χ1n) is 8.74. The number of sulfonamides is 1. The molecular weight excluding hydrogens is 394 g/mol. The summed E-state index contributed by atoms with van der Waals surface area (Å²) in [5, 5.41) is 1.63. The minimum Gasteiger partial charge on any atom is -0.460 e. The number of benzene rings is 2. The normalized spacial score (nSPS) is 11.8. The number of hydrogen-bond acceptors (Lipinski definition) is 6. The number of rotatable bonds is 7. The van der Waals surface area contributed by atoms with Crippen molar-refractivity contribution in [2.75, 3.05) is 6.54 Å². The smallest absolute Gasteiger partial charge is 0.336 e. The third-order valence-electron chi connectivity index (χ3n) is 4.03. The number of esters is 1. The van der Waals surface area contributed by atoms with Crippen molar-refractivity contribution in [2.45, 2.75) is 13.5 Å². The van der Waals surface area contributed by atoms with Crippen molar-refractivity contribution in [3.05, 3.63) is 87.1 Å². The first-order chi connectivity index (χ1) is 13.8. The molecule has 0 amide bonds. The predicted molar refractivity (Wildman–Crippen MR) is 109 cm³/mol. The van der Waals surface area contributed by atoms with Crippen LogP contribution in [0.1, 0.15) is 16.7 Å². The van der Waals surface area contributed by atoms with Gasteiger partial charge in [0, 0.05) is 22.4 Å². The molecule has 2 aromatic carbocycles. The van der Waals surface area contributed by atoms with E-state index in [1.807, 2.05) is 19.1 Å². The predicted octanol–water partition coefficient (Wildman–Crippen LogP) is 2.73. The Morgan fingerprint density at radius 3 is 2.66 bits per heavy atom. The second kappa shape index (κ2) is 8.85. The summed E-state index contributed by atoms with van der Waals surface area (Å²) in [7, 11) is -3.80. The van der Waals surface area contributed by atoms with Gasteiger partial charge in [-0.3, -0.25) is 4.79 Å². The summed E-state index contributed by atoms with van der Waals surface area (Å²) in [6.07, 6.45) is 1.42. The van der Waals surface area contributed by atoms with Crippen molar-refractivity contribution in [3.63, 3.8) is 0 Å². The van der Waals surface area contributed by atoms with Crippen LogP contribution in [-0.2, 0) is 26.2 Å². The zero-order valence-electron chi connectivity index (χ0n) is 15.6. The van der Waals surface area contributed by atoms with E-state index in [-0.39, 0.29) is 6.61 Å². The van der Waals surface area contributed by atoms with Gasteiger partial charge in [-0.1, -0.05) is 42.5 Å². The lowest BCUT2D eigenvalue weighted by molar-refractivity contribution is -0.143. The number of aryl methyl sites for hydroxylation is 1. The van der Waals surface area contributed by atoms with Crippen molar-refractivity contribution >= 4 is 33.0 Å².